The highest BCUT2D eigenvalue weighted by Gasteiger charge is 2.15. The van der Waals surface area contributed by atoms with Gasteiger partial charge in [0.25, 0.3) is 5.91 Å². The molecule has 1 amide bonds. The summed E-state index contributed by atoms with van der Waals surface area (Å²) >= 11 is 1.62. The average Bonchev–Trinajstić information content (AvgIpc) is 3.38. The third-order valence-electron chi connectivity index (χ3n) is 4.23. The van der Waals surface area contributed by atoms with E-state index in [1.165, 1.54) is 13.2 Å². The molecule has 0 aliphatic carbocycles. The summed E-state index contributed by atoms with van der Waals surface area (Å²) in [7, 11) is 1.49. The van der Waals surface area contributed by atoms with Gasteiger partial charge in [0.2, 0.25) is 0 Å². The van der Waals surface area contributed by atoms with E-state index in [4.69, 9.17) is 9.15 Å². The Balaban J connectivity index is 1.44. The first kappa shape index (κ1) is 18.0. The predicted molar refractivity (Wildman–Crippen MR) is 107 cm³/mol. The van der Waals surface area contributed by atoms with Crippen LogP contribution in [-0.4, -0.2) is 29.3 Å². The maximum Gasteiger partial charge on any atom is 0.349 e. The minimum absolute atomic E-state index is 0.0412. The summed E-state index contributed by atoms with van der Waals surface area (Å²) in [4.78, 5) is 25.7. The monoisotopic (exact) mass is 395 g/mol. The van der Waals surface area contributed by atoms with E-state index in [9.17, 15) is 9.59 Å². The number of ether oxygens (including phenoxy) is 1. The van der Waals surface area contributed by atoms with Crippen LogP contribution in [0, 0.1) is 0 Å². The number of para-hydroxylation sites is 1. The third kappa shape index (κ3) is 3.54. The van der Waals surface area contributed by atoms with E-state index >= 15 is 0 Å². The van der Waals surface area contributed by atoms with Crippen molar-refractivity contribution >= 4 is 28.2 Å². The molecule has 0 unspecified atom stereocenters. The maximum atomic E-state index is 12.4. The molecule has 7 nitrogen and oxygen atoms in total. The lowest BCUT2D eigenvalue weighted by atomic mass is 10.1. The van der Waals surface area contributed by atoms with Crippen LogP contribution in [0.25, 0.3) is 21.5 Å². The molecule has 1 aromatic carbocycles. The van der Waals surface area contributed by atoms with Crippen LogP contribution in [0.3, 0.4) is 0 Å². The number of rotatable bonds is 6. The van der Waals surface area contributed by atoms with Gasteiger partial charge in [-0.3, -0.25) is 9.48 Å². The SMILES string of the molecule is COc1cccc2cc(C(=O)NCCn3ccc(-c4cccs4)n3)c(=O)oc12. The summed E-state index contributed by atoms with van der Waals surface area (Å²) in [5.41, 5.74) is 0.476. The van der Waals surface area contributed by atoms with Crippen molar-refractivity contribution in [3.63, 3.8) is 0 Å². The van der Waals surface area contributed by atoms with Gasteiger partial charge in [-0.2, -0.15) is 5.10 Å². The van der Waals surface area contributed by atoms with E-state index in [1.807, 2.05) is 29.8 Å². The van der Waals surface area contributed by atoms with E-state index in [0.29, 0.717) is 29.8 Å². The standard InChI is InChI=1S/C20H17N3O4S/c1-26-16-5-2-4-13-12-14(20(25)27-18(13)16)19(24)21-8-10-23-9-7-15(22-23)17-6-3-11-28-17/h2-7,9,11-12H,8,10H2,1H3,(H,21,24). The lowest BCUT2D eigenvalue weighted by Gasteiger charge is -2.07. The average molecular weight is 395 g/mol. The number of hydrogen-bond acceptors (Lipinski definition) is 6. The molecule has 0 fully saturated rings. The van der Waals surface area contributed by atoms with Crippen LogP contribution in [0.15, 0.2) is 63.3 Å². The zero-order valence-electron chi connectivity index (χ0n) is 15.0. The first-order chi connectivity index (χ1) is 13.7. The second-order valence-corrected chi connectivity index (χ2v) is 6.97. The number of fused-ring (bicyclic) bond motifs is 1. The van der Waals surface area contributed by atoms with Crippen molar-refractivity contribution in [2.24, 2.45) is 0 Å². The van der Waals surface area contributed by atoms with Crippen molar-refractivity contribution in [2.45, 2.75) is 6.54 Å². The Labute approximate surface area is 164 Å². The second-order valence-electron chi connectivity index (χ2n) is 6.02. The lowest BCUT2D eigenvalue weighted by molar-refractivity contribution is 0.0948. The predicted octanol–water partition coefficient (Wildman–Crippen LogP) is 3.16. The summed E-state index contributed by atoms with van der Waals surface area (Å²) in [6, 6.07) is 12.6. The number of benzene rings is 1. The van der Waals surface area contributed by atoms with Gasteiger partial charge in [0.15, 0.2) is 11.3 Å². The molecule has 0 atom stereocenters. The minimum Gasteiger partial charge on any atom is -0.493 e. The van der Waals surface area contributed by atoms with Gasteiger partial charge in [0.05, 0.1) is 18.5 Å². The molecular weight excluding hydrogens is 378 g/mol. The fraction of sp³-hybridized carbons (Fsp3) is 0.150. The maximum absolute atomic E-state index is 12.4. The van der Waals surface area contributed by atoms with Crippen LogP contribution < -0.4 is 15.7 Å². The molecule has 0 aliphatic heterocycles. The quantitative estimate of drug-likeness (QED) is 0.507. The van der Waals surface area contributed by atoms with Crippen LogP contribution in [0.5, 0.6) is 5.75 Å². The van der Waals surface area contributed by atoms with Crippen molar-refractivity contribution in [3.8, 4) is 16.3 Å². The molecular formula is C20H17N3O4S. The largest absolute Gasteiger partial charge is 0.493 e. The molecule has 4 aromatic rings. The summed E-state index contributed by atoms with van der Waals surface area (Å²) in [6.07, 6.45) is 1.86. The molecule has 3 aromatic heterocycles. The van der Waals surface area contributed by atoms with Gasteiger partial charge >= 0.3 is 5.63 Å². The number of nitrogens with one attached hydrogen (secondary N) is 1. The van der Waals surface area contributed by atoms with Gasteiger partial charge in [-0.05, 0) is 29.6 Å². The Morgan fingerprint density at radius 1 is 1.29 bits per heavy atom. The topological polar surface area (TPSA) is 86.4 Å². The van der Waals surface area contributed by atoms with Crippen LogP contribution >= 0.6 is 11.3 Å². The first-order valence-corrected chi connectivity index (χ1v) is 9.50. The van der Waals surface area contributed by atoms with E-state index in [-0.39, 0.29) is 5.56 Å². The van der Waals surface area contributed by atoms with Crippen LogP contribution in [-0.2, 0) is 6.54 Å². The van der Waals surface area contributed by atoms with E-state index in [0.717, 1.165) is 10.6 Å². The summed E-state index contributed by atoms with van der Waals surface area (Å²) in [5, 5.41) is 9.84. The second kappa shape index (κ2) is 7.69. The molecule has 4 rings (SSSR count). The molecule has 0 saturated heterocycles. The van der Waals surface area contributed by atoms with Gasteiger partial charge in [-0.25, -0.2) is 4.79 Å². The molecule has 0 spiro atoms. The van der Waals surface area contributed by atoms with Gasteiger partial charge in [-0.1, -0.05) is 18.2 Å². The normalized spacial score (nSPS) is 10.9. The van der Waals surface area contributed by atoms with Crippen molar-refractivity contribution in [2.75, 3.05) is 13.7 Å². The van der Waals surface area contributed by atoms with Gasteiger partial charge in [-0.15, -0.1) is 11.3 Å². The molecule has 0 aliphatic rings. The van der Waals surface area contributed by atoms with Gasteiger partial charge in [0.1, 0.15) is 11.3 Å². The Hall–Kier alpha value is -3.39. The summed E-state index contributed by atoms with van der Waals surface area (Å²) in [5.74, 6) is -0.0362. The van der Waals surface area contributed by atoms with Crippen LogP contribution in [0.4, 0.5) is 0 Å². The lowest BCUT2D eigenvalue weighted by Crippen LogP contribution is -2.31. The fourth-order valence-electron chi connectivity index (χ4n) is 2.86. The molecule has 1 N–H and O–H groups in total. The number of amides is 1. The number of nitrogens with zero attached hydrogens (tertiary/aromatic N) is 2. The Morgan fingerprint density at radius 3 is 2.96 bits per heavy atom. The zero-order chi connectivity index (χ0) is 19.5. The summed E-state index contributed by atoms with van der Waals surface area (Å²) < 4.78 is 12.2. The van der Waals surface area contributed by atoms with Crippen molar-refractivity contribution < 1.29 is 13.9 Å². The van der Waals surface area contributed by atoms with Crippen molar-refractivity contribution in [1.82, 2.24) is 15.1 Å². The number of hydrogen-bond donors (Lipinski definition) is 1. The Morgan fingerprint density at radius 2 is 2.18 bits per heavy atom. The highest BCUT2D eigenvalue weighted by molar-refractivity contribution is 7.13. The number of carbonyl (C=O) groups is 1. The molecule has 8 heteroatoms. The number of methoxy groups -OCH3 is 1. The Bertz CT molecular complexity index is 1180. The third-order valence-corrected chi connectivity index (χ3v) is 5.12. The summed E-state index contributed by atoms with van der Waals surface area (Å²) in [6.45, 7) is 0.823. The number of carbonyl (C=O) groups excluding carboxylic acids is 1. The molecule has 0 saturated carbocycles. The van der Waals surface area contributed by atoms with E-state index in [2.05, 4.69) is 10.4 Å². The van der Waals surface area contributed by atoms with E-state index < -0.39 is 11.5 Å². The number of thiophene rings is 1. The van der Waals surface area contributed by atoms with Crippen molar-refractivity contribution in [1.29, 1.82) is 0 Å². The van der Waals surface area contributed by atoms with Gasteiger partial charge < -0.3 is 14.5 Å². The Kier molecular flexibility index (Phi) is 4.94. The van der Waals surface area contributed by atoms with Crippen LogP contribution in [0.1, 0.15) is 10.4 Å². The minimum atomic E-state index is -0.700. The highest BCUT2D eigenvalue weighted by atomic mass is 32.1. The molecule has 142 valence electrons. The molecule has 3 heterocycles. The highest BCUT2D eigenvalue weighted by Crippen LogP contribution is 2.24. The fourth-order valence-corrected chi connectivity index (χ4v) is 3.55. The number of aromatic nitrogens is 2. The van der Waals surface area contributed by atoms with Crippen molar-refractivity contribution in [3.05, 3.63) is 70.0 Å². The smallest absolute Gasteiger partial charge is 0.349 e. The molecule has 0 radical (unpaired) electrons. The zero-order valence-corrected chi connectivity index (χ0v) is 15.9. The van der Waals surface area contributed by atoms with Gasteiger partial charge in [0, 0.05) is 18.1 Å². The van der Waals surface area contributed by atoms with Crippen LogP contribution in [0.2, 0.25) is 0 Å². The van der Waals surface area contributed by atoms with E-state index in [1.54, 1.807) is 34.2 Å². The molecule has 0 bridgehead atoms. The molecule has 28 heavy (non-hydrogen) atoms. The first-order valence-electron chi connectivity index (χ1n) is 8.62.